The number of hydrogen-bond acceptors (Lipinski definition) is 3. The highest BCUT2D eigenvalue weighted by molar-refractivity contribution is 5.77. The van der Waals surface area contributed by atoms with Gasteiger partial charge in [0.2, 0.25) is 0 Å². The lowest BCUT2D eigenvalue weighted by molar-refractivity contribution is -0.143. The number of methoxy groups -OCH3 is 1. The third-order valence-corrected chi connectivity index (χ3v) is 2.63. The van der Waals surface area contributed by atoms with E-state index in [9.17, 15) is 4.79 Å². The average molecular weight is 141 g/mol. The number of carbonyl (C=O) groups is 1. The standard InChI is InChI=1S/C7H11NO2/c1-10-6(9)5-2-7(5)3-8-4-7/h5,8H,2-4H2,1H3/t5-/m1/s1. The van der Waals surface area contributed by atoms with Gasteiger partial charge in [-0.15, -0.1) is 0 Å². The van der Waals surface area contributed by atoms with E-state index in [1.165, 1.54) is 7.11 Å². The van der Waals surface area contributed by atoms with Gasteiger partial charge in [0.25, 0.3) is 0 Å². The molecule has 1 saturated heterocycles. The average Bonchev–Trinajstić information content (AvgIpc) is 2.59. The lowest BCUT2D eigenvalue weighted by Gasteiger charge is -2.27. The largest absolute Gasteiger partial charge is 0.469 e. The lowest BCUT2D eigenvalue weighted by Crippen LogP contribution is -2.46. The minimum Gasteiger partial charge on any atom is -0.469 e. The topological polar surface area (TPSA) is 38.3 Å². The fourth-order valence-corrected chi connectivity index (χ4v) is 1.66. The Morgan fingerprint density at radius 3 is 2.70 bits per heavy atom. The minimum atomic E-state index is -0.0264. The van der Waals surface area contributed by atoms with Gasteiger partial charge in [0, 0.05) is 18.5 Å². The van der Waals surface area contributed by atoms with Gasteiger partial charge in [-0.05, 0) is 6.42 Å². The predicted octanol–water partition coefficient (Wildman–Crippen LogP) is -0.231. The van der Waals surface area contributed by atoms with Crippen LogP contribution in [0.1, 0.15) is 6.42 Å². The molecular weight excluding hydrogens is 130 g/mol. The van der Waals surface area contributed by atoms with Crippen LogP contribution in [0.2, 0.25) is 0 Å². The van der Waals surface area contributed by atoms with Gasteiger partial charge in [-0.1, -0.05) is 0 Å². The van der Waals surface area contributed by atoms with Crippen LogP contribution >= 0.6 is 0 Å². The summed E-state index contributed by atoms with van der Waals surface area (Å²) in [5.74, 6) is 0.181. The fraction of sp³-hybridized carbons (Fsp3) is 0.857. The van der Waals surface area contributed by atoms with Crippen LogP contribution in [0, 0.1) is 11.3 Å². The van der Waals surface area contributed by atoms with Gasteiger partial charge in [0.05, 0.1) is 13.0 Å². The fourth-order valence-electron chi connectivity index (χ4n) is 1.66. The van der Waals surface area contributed by atoms with Crippen LogP contribution in [0.25, 0.3) is 0 Å². The van der Waals surface area contributed by atoms with Crippen molar-refractivity contribution in [3.63, 3.8) is 0 Å². The molecule has 1 saturated carbocycles. The molecule has 2 rings (SSSR count). The molecule has 56 valence electrons. The molecule has 0 bridgehead atoms. The van der Waals surface area contributed by atoms with E-state index >= 15 is 0 Å². The summed E-state index contributed by atoms with van der Waals surface area (Å²) in [7, 11) is 1.46. The molecule has 1 aliphatic carbocycles. The Hall–Kier alpha value is -0.570. The Labute approximate surface area is 59.7 Å². The van der Waals surface area contributed by atoms with Crippen LogP contribution in [0.3, 0.4) is 0 Å². The number of carbonyl (C=O) groups excluding carboxylic acids is 1. The second kappa shape index (κ2) is 1.72. The van der Waals surface area contributed by atoms with E-state index in [0.29, 0.717) is 5.41 Å². The van der Waals surface area contributed by atoms with Crippen LogP contribution in [-0.2, 0) is 9.53 Å². The van der Waals surface area contributed by atoms with Crippen molar-refractivity contribution in [1.82, 2.24) is 5.32 Å². The molecule has 10 heavy (non-hydrogen) atoms. The van der Waals surface area contributed by atoms with E-state index < -0.39 is 0 Å². The normalized spacial score (nSPS) is 33.1. The van der Waals surface area contributed by atoms with Crippen molar-refractivity contribution >= 4 is 5.97 Å². The molecule has 0 aromatic rings. The molecule has 1 atom stereocenters. The van der Waals surface area contributed by atoms with Crippen LogP contribution in [0.4, 0.5) is 0 Å². The van der Waals surface area contributed by atoms with Crippen molar-refractivity contribution < 1.29 is 9.53 Å². The van der Waals surface area contributed by atoms with Crippen molar-refractivity contribution in [2.45, 2.75) is 6.42 Å². The zero-order valence-electron chi connectivity index (χ0n) is 6.02. The lowest BCUT2D eigenvalue weighted by atomic mass is 9.97. The number of rotatable bonds is 1. The summed E-state index contributed by atoms with van der Waals surface area (Å²) in [4.78, 5) is 10.9. The Morgan fingerprint density at radius 2 is 2.40 bits per heavy atom. The highest BCUT2D eigenvalue weighted by Crippen LogP contribution is 2.55. The Bertz CT molecular complexity index is 174. The molecule has 0 amide bonds. The summed E-state index contributed by atoms with van der Waals surface area (Å²) in [5, 5.41) is 3.17. The van der Waals surface area contributed by atoms with E-state index in [-0.39, 0.29) is 11.9 Å². The third kappa shape index (κ3) is 0.611. The van der Waals surface area contributed by atoms with Crippen molar-refractivity contribution in [2.75, 3.05) is 20.2 Å². The minimum absolute atomic E-state index is 0.0264. The molecule has 0 aromatic carbocycles. The van der Waals surface area contributed by atoms with Gasteiger partial charge < -0.3 is 10.1 Å². The maximum absolute atomic E-state index is 10.9. The summed E-state index contributed by atoms with van der Waals surface area (Å²) in [6.07, 6.45) is 1.03. The van der Waals surface area contributed by atoms with E-state index in [2.05, 4.69) is 10.1 Å². The molecule has 2 aliphatic rings. The Morgan fingerprint density at radius 1 is 1.70 bits per heavy atom. The molecule has 3 nitrogen and oxygen atoms in total. The first-order valence-electron chi connectivity index (χ1n) is 3.57. The van der Waals surface area contributed by atoms with Gasteiger partial charge >= 0.3 is 5.97 Å². The Balaban J connectivity index is 1.94. The number of nitrogens with one attached hydrogen (secondary N) is 1. The quantitative estimate of drug-likeness (QED) is 0.512. The number of ether oxygens (including phenoxy) is 1. The first-order valence-corrected chi connectivity index (χ1v) is 3.57. The number of hydrogen-bond donors (Lipinski definition) is 1. The second-order valence-corrected chi connectivity index (χ2v) is 3.25. The molecule has 0 radical (unpaired) electrons. The molecule has 0 unspecified atom stereocenters. The third-order valence-electron chi connectivity index (χ3n) is 2.63. The SMILES string of the molecule is COC(=O)[C@H]1CC12CNC2. The molecule has 3 heteroatoms. The number of esters is 1. The van der Waals surface area contributed by atoms with Crippen molar-refractivity contribution in [1.29, 1.82) is 0 Å². The monoisotopic (exact) mass is 141 g/mol. The van der Waals surface area contributed by atoms with E-state index in [1.54, 1.807) is 0 Å². The maximum atomic E-state index is 10.9. The van der Waals surface area contributed by atoms with Crippen molar-refractivity contribution in [3.8, 4) is 0 Å². The van der Waals surface area contributed by atoms with Crippen molar-refractivity contribution in [2.24, 2.45) is 11.3 Å². The highest BCUT2D eigenvalue weighted by Gasteiger charge is 2.62. The molecule has 1 N–H and O–H groups in total. The van der Waals surface area contributed by atoms with E-state index in [4.69, 9.17) is 0 Å². The summed E-state index contributed by atoms with van der Waals surface area (Å²) < 4.78 is 4.64. The highest BCUT2D eigenvalue weighted by atomic mass is 16.5. The first kappa shape index (κ1) is 6.16. The van der Waals surface area contributed by atoms with Gasteiger partial charge in [0.1, 0.15) is 0 Å². The molecular formula is C7H11NO2. The van der Waals surface area contributed by atoms with Gasteiger partial charge in [-0.2, -0.15) is 0 Å². The maximum Gasteiger partial charge on any atom is 0.309 e. The summed E-state index contributed by atoms with van der Waals surface area (Å²) >= 11 is 0. The zero-order valence-corrected chi connectivity index (χ0v) is 6.02. The molecule has 1 aliphatic heterocycles. The Kier molecular flexibility index (Phi) is 1.06. The van der Waals surface area contributed by atoms with E-state index in [0.717, 1.165) is 19.5 Å². The molecule has 0 aromatic heterocycles. The molecule has 2 fully saturated rings. The van der Waals surface area contributed by atoms with E-state index in [1.807, 2.05) is 0 Å². The predicted molar refractivity (Wildman–Crippen MR) is 35.4 cm³/mol. The summed E-state index contributed by atoms with van der Waals surface area (Å²) in [6, 6.07) is 0. The van der Waals surface area contributed by atoms with Gasteiger partial charge in [-0.25, -0.2) is 0 Å². The van der Waals surface area contributed by atoms with Crippen LogP contribution < -0.4 is 5.32 Å². The summed E-state index contributed by atoms with van der Waals surface area (Å²) in [6.45, 7) is 2.01. The van der Waals surface area contributed by atoms with Crippen molar-refractivity contribution in [3.05, 3.63) is 0 Å². The molecule has 1 spiro atoms. The van der Waals surface area contributed by atoms with Gasteiger partial charge in [-0.3, -0.25) is 4.79 Å². The summed E-state index contributed by atoms with van der Waals surface area (Å²) in [5.41, 5.74) is 0.326. The smallest absolute Gasteiger partial charge is 0.309 e. The first-order chi connectivity index (χ1) is 4.78. The molecule has 1 heterocycles. The van der Waals surface area contributed by atoms with Crippen LogP contribution in [0.15, 0.2) is 0 Å². The van der Waals surface area contributed by atoms with Crippen LogP contribution in [-0.4, -0.2) is 26.2 Å². The van der Waals surface area contributed by atoms with Gasteiger partial charge in [0.15, 0.2) is 0 Å². The zero-order chi connectivity index (χ0) is 7.19. The van der Waals surface area contributed by atoms with Crippen LogP contribution in [0.5, 0.6) is 0 Å². The second-order valence-electron chi connectivity index (χ2n) is 3.25.